The highest BCUT2D eigenvalue weighted by Gasteiger charge is 2.21. The molecule has 0 unspecified atom stereocenters. The Labute approximate surface area is 126 Å². The van der Waals surface area contributed by atoms with Gasteiger partial charge in [0.2, 0.25) is 0 Å². The molecule has 0 fully saturated rings. The molecule has 2 aromatic rings. The molecular weight excluding hydrogens is 284 g/mol. The Morgan fingerprint density at radius 1 is 1.00 bits per heavy atom. The lowest BCUT2D eigenvalue weighted by atomic mass is 10.1. The van der Waals surface area contributed by atoms with Crippen molar-refractivity contribution in [3.05, 3.63) is 59.2 Å². The van der Waals surface area contributed by atoms with E-state index in [9.17, 15) is 8.42 Å². The van der Waals surface area contributed by atoms with E-state index >= 15 is 0 Å². The van der Waals surface area contributed by atoms with E-state index in [0.717, 1.165) is 16.7 Å². The summed E-state index contributed by atoms with van der Waals surface area (Å²) in [5.41, 5.74) is 9.17. The first-order valence-corrected chi connectivity index (χ1v) is 8.15. The topological polar surface area (TPSA) is 63.4 Å². The number of hydrogen-bond acceptors (Lipinski definition) is 3. The second kappa shape index (κ2) is 5.87. The molecule has 2 aromatic carbocycles. The second-order valence-corrected chi connectivity index (χ2v) is 7.06. The van der Waals surface area contributed by atoms with Gasteiger partial charge in [0.05, 0.1) is 10.6 Å². The number of aryl methyl sites for hydroxylation is 2. The minimum absolute atomic E-state index is 0.302. The van der Waals surface area contributed by atoms with Gasteiger partial charge in [-0.15, -0.1) is 0 Å². The van der Waals surface area contributed by atoms with Crippen molar-refractivity contribution in [2.24, 2.45) is 5.73 Å². The van der Waals surface area contributed by atoms with E-state index in [1.54, 1.807) is 31.3 Å². The van der Waals surface area contributed by atoms with Gasteiger partial charge in [-0.1, -0.05) is 18.2 Å². The molecule has 0 radical (unpaired) electrons. The largest absolute Gasteiger partial charge is 0.326 e. The van der Waals surface area contributed by atoms with Crippen molar-refractivity contribution >= 4 is 15.7 Å². The molecule has 0 saturated heterocycles. The molecule has 0 atom stereocenters. The highest BCUT2D eigenvalue weighted by molar-refractivity contribution is 7.92. The summed E-state index contributed by atoms with van der Waals surface area (Å²) in [5.74, 6) is 0. The number of sulfonamides is 1. The number of benzene rings is 2. The van der Waals surface area contributed by atoms with Crippen molar-refractivity contribution in [1.29, 1.82) is 0 Å². The van der Waals surface area contributed by atoms with Crippen LogP contribution in [0.4, 0.5) is 5.69 Å². The number of nitrogens with zero attached hydrogens (tertiary/aromatic N) is 1. The SMILES string of the molecule is Cc1ccc(S(=O)(=O)N(C)c2ccc(CN)cc2)cc1C. The summed E-state index contributed by atoms with van der Waals surface area (Å²) in [6, 6.07) is 12.4. The van der Waals surface area contributed by atoms with Gasteiger partial charge in [-0.25, -0.2) is 8.42 Å². The van der Waals surface area contributed by atoms with Gasteiger partial charge in [-0.2, -0.15) is 0 Å². The van der Waals surface area contributed by atoms with E-state index in [4.69, 9.17) is 5.73 Å². The van der Waals surface area contributed by atoms with Crippen LogP contribution < -0.4 is 10.0 Å². The van der Waals surface area contributed by atoms with Crippen molar-refractivity contribution < 1.29 is 8.42 Å². The minimum Gasteiger partial charge on any atom is -0.326 e. The molecular formula is C16H20N2O2S. The Kier molecular flexibility index (Phi) is 4.34. The van der Waals surface area contributed by atoms with Crippen molar-refractivity contribution in [1.82, 2.24) is 0 Å². The number of nitrogens with two attached hydrogens (primary N) is 1. The Balaban J connectivity index is 2.39. The highest BCUT2D eigenvalue weighted by Crippen LogP contribution is 2.23. The summed E-state index contributed by atoms with van der Waals surface area (Å²) in [6.45, 7) is 4.30. The van der Waals surface area contributed by atoms with Crippen LogP contribution in [0.1, 0.15) is 16.7 Å². The fraction of sp³-hybridized carbons (Fsp3) is 0.250. The summed E-state index contributed by atoms with van der Waals surface area (Å²) in [7, 11) is -1.99. The van der Waals surface area contributed by atoms with E-state index in [1.165, 1.54) is 4.31 Å². The molecule has 112 valence electrons. The monoisotopic (exact) mass is 304 g/mol. The van der Waals surface area contributed by atoms with Gasteiger partial charge in [0.15, 0.2) is 0 Å². The molecule has 0 aliphatic heterocycles. The smallest absolute Gasteiger partial charge is 0.264 e. The average molecular weight is 304 g/mol. The predicted octanol–water partition coefficient (Wildman–Crippen LogP) is 2.59. The molecule has 0 aliphatic rings. The maximum atomic E-state index is 12.7. The Morgan fingerprint density at radius 2 is 1.62 bits per heavy atom. The van der Waals surface area contributed by atoms with Gasteiger partial charge in [-0.05, 0) is 54.8 Å². The molecule has 0 spiro atoms. The number of hydrogen-bond donors (Lipinski definition) is 1. The molecule has 5 heteroatoms. The Morgan fingerprint density at radius 3 is 2.14 bits per heavy atom. The van der Waals surface area contributed by atoms with Gasteiger partial charge < -0.3 is 5.73 Å². The van der Waals surface area contributed by atoms with Crippen LogP contribution in [0.15, 0.2) is 47.4 Å². The number of rotatable bonds is 4. The van der Waals surface area contributed by atoms with Gasteiger partial charge in [0.25, 0.3) is 10.0 Å². The molecule has 0 amide bonds. The quantitative estimate of drug-likeness (QED) is 0.944. The molecule has 0 aliphatic carbocycles. The maximum Gasteiger partial charge on any atom is 0.264 e. The number of anilines is 1. The van der Waals surface area contributed by atoms with Gasteiger partial charge in [0.1, 0.15) is 0 Å². The van der Waals surface area contributed by atoms with E-state index < -0.39 is 10.0 Å². The van der Waals surface area contributed by atoms with E-state index in [-0.39, 0.29) is 0 Å². The van der Waals surface area contributed by atoms with Crippen LogP contribution >= 0.6 is 0 Å². The first kappa shape index (κ1) is 15.5. The van der Waals surface area contributed by atoms with Crippen LogP contribution in [-0.4, -0.2) is 15.5 Å². The zero-order chi connectivity index (χ0) is 15.6. The molecule has 0 saturated carbocycles. The van der Waals surface area contributed by atoms with Crippen LogP contribution in [0, 0.1) is 13.8 Å². The summed E-state index contributed by atoms with van der Waals surface area (Å²) in [6.07, 6.45) is 0. The van der Waals surface area contributed by atoms with E-state index in [0.29, 0.717) is 17.1 Å². The standard InChI is InChI=1S/C16H20N2O2S/c1-12-4-9-16(10-13(12)2)21(19,20)18(3)15-7-5-14(11-17)6-8-15/h4-10H,11,17H2,1-3H3. The zero-order valence-electron chi connectivity index (χ0n) is 12.5. The van der Waals surface area contributed by atoms with E-state index in [2.05, 4.69) is 0 Å². The second-order valence-electron chi connectivity index (χ2n) is 5.09. The maximum absolute atomic E-state index is 12.7. The molecule has 2 N–H and O–H groups in total. The van der Waals surface area contributed by atoms with Gasteiger partial charge >= 0.3 is 0 Å². The third-order valence-electron chi connectivity index (χ3n) is 3.67. The summed E-state index contributed by atoms with van der Waals surface area (Å²) >= 11 is 0. The third kappa shape index (κ3) is 3.09. The predicted molar refractivity (Wildman–Crippen MR) is 85.8 cm³/mol. The summed E-state index contributed by atoms with van der Waals surface area (Å²) < 4.78 is 26.6. The van der Waals surface area contributed by atoms with E-state index in [1.807, 2.05) is 32.0 Å². The lowest BCUT2D eigenvalue weighted by molar-refractivity contribution is 0.594. The van der Waals surface area contributed by atoms with Crippen LogP contribution in [0.25, 0.3) is 0 Å². The fourth-order valence-corrected chi connectivity index (χ4v) is 3.29. The average Bonchev–Trinajstić information content (AvgIpc) is 2.49. The first-order chi connectivity index (χ1) is 9.86. The van der Waals surface area contributed by atoms with Crippen molar-refractivity contribution in [3.63, 3.8) is 0 Å². The van der Waals surface area contributed by atoms with Crippen LogP contribution in [0.5, 0.6) is 0 Å². The van der Waals surface area contributed by atoms with Crippen molar-refractivity contribution in [2.45, 2.75) is 25.3 Å². The molecule has 21 heavy (non-hydrogen) atoms. The van der Waals surface area contributed by atoms with Crippen LogP contribution in [-0.2, 0) is 16.6 Å². The molecule has 4 nitrogen and oxygen atoms in total. The Bertz CT molecular complexity index is 737. The normalized spacial score (nSPS) is 11.4. The molecule has 2 rings (SSSR count). The summed E-state index contributed by atoms with van der Waals surface area (Å²) in [4.78, 5) is 0.302. The van der Waals surface area contributed by atoms with Gasteiger partial charge in [-0.3, -0.25) is 4.31 Å². The van der Waals surface area contributed by atoms with Crippen LogP contribution in [0.3, 0.4) is 0 Å². The fourth-order valence-electron chi connectivity index (χ4n) is 2.01. The third-order valence-corrected chi connectivity index (χ3v) is 5.45. The van der Waals surface area contributed by atoms with Crippen LogP contribution in [0.2, 0.25) is 0 Å². The zero-order valence-corrected chi connectivity index (χ0v) is 13.3. The van der Waals surface area contributed by atoms with Crippen molar-refractivity contribution in [2.75, 3.05) is 11.4 Å². The highest BCUT2D eigenvalue weighted by atomic mass is 32.2. The summed E-state index contributed by atoms with van der Waals surface area (Å²) in [5, 5.41) is 0. The molecule has 0 bridgehead atoms. The molecule has 0 aromatic heterocycles. The molecule has 0 heterocycles. The first-order valence-electron chi connectivity index (χ1n) is 6.71. The lowest BCUT2D eigenvalue weighted by Gasteiger charge is -2.20. The minimum atomic E-state index is -3.55. The Hall–Kier alpha value is -1.85. The van der Waals surface area contributed by atoms with Crippen molar-refractivity contribution in [3.8, 4) is 0 Å². The van der Waals surface area contributed by atoms with Gasteiger partial charge in [0, 0.05) is 13.6 Å². The lowest BCUT2D eigenvalue weighted by Crippen LogP contribution is -2.26.